The molecule has 1 unspecified atom stereocenters. The number of hydrogen-bond acceptors (Lipinski definition) is 5. The summed E-state index contributed by atoms with van der Waals surface area (Å²) < 4.78 is 5.41. The standard InChI is InChI=1S/C14H19N3O3S/c1-9-4-12(10(2)20-9)14(3,19)7-16-13(18)15-5-11-6-21-8-17-11/h4,6,8,19H,5,7H2,1-3H3,(H2,15,16,18). The maximum Gasteiger partial charge on any atom is 0.315 e. The lowest BCUT2D eigenvalue weighted by atomic mass is 9.96. The van der Waals surface area contributed by atoms with Crippen molar-refractivity contribution in [3.8, 4) is 0 Å². The molecule has 0 radical (unpaired) electrons. The zero-order valence-corrected chi connectivity index (χ0v) is 13.1. The fraction of sp³-hybridized carbons (Fsp3) is 0.429. The molecule has 0 aromatic carbocycles. The summed E-state index contributed by atoms with van der Waals surface area (Å²) in [6.45, 7) is 5.71. The van der Waals surface area contributed by atoms with Gasteiger partial charge in [0.2, 0.25) is 0 Å². The number of aromatic nitrogens is 1. The second kappa shape index (κ2) is 6.28. The van der Waals surface area contributed by atoms with Crippen molar-refractivity contribution in [3.05, 3.63) is 39.7 Å². The lowest BCUT2D eigenvalue weighted by molar-refractivity contribution is 0.0579. The molecule has 21 heavy (non-hydrogen) atoms. The van der Waals surface area contributed by atoms with Gasteiger partial charge in [-0.15, -0.1) is 11.3 Å². The van der Waals surface area contributed by atoms with Gasteiger partial charge in [0.15, 0.2) is 0 Å². The lowest BCUT2D eigenvalue weighted by Crippen LogP contribution is -2.43. The number of urea groups is 1. The highest BCUT2D eigenvalue weighted by Crippen LogP contribution is 2.26. The number of hydrogen-bond donors (Lipinski definition) is 3. The second-order valence-corrected chi connectivity index (χ2v) is 5.84. The molecule has 0 aliphatic rings. The molecule has 114 valence electrons. The second-order valence-electron chi connectivity index (χ2n) is 5.12. The van der Waals surface area contributed by atoms with E-state index in [-0.39, 0.29) is 12.6 Å². The maximum absolute atomic E-state index is 11.7. The van der Waals surface area contributed by atoms with E-state index in [1.807, 2.05) is 12.3 Å². The highest BCUT2D eigenvalue weighted by molar-refractivity contribution is 7.07. The Morgan fingerprint density at radius 2 is 2.24 bits per heavy atom. The highest BCUT2D eigenvalue weighted by Gasteiger charge is 2.28. The number of thiazole rings is 1. The monoisotopic (exact) mass is 309 g/mol. The molecule has 2 aromatic rings. The van der Waals surface area contributed by atoms with Gasteiger partial charge < -0.3 is 20.2 Å². The van der Waals surface area contributed by atoms with Crippen LogP contribution in [0.4, 0.5) is 4.79 Å². The van der Waals surface area contributed by atoms with Gasteiger partial charge >= 0.3 is 6.03 Å². The highest BCUT2D eigenvalue weighted by atomic mass is 32.1. The topological polar surface area (TPSA) is 87.4 Å². The van der Waals surface area contributed by atoms with Crippen molar-refractivity contribution in [1.29, 1.82) is 0 Å². The van der Waals surface area contributed by atoms with Crippen molar-refractivity contribution in [2.24, 2.45) is 0 Å². The predicted octanol–water partition coefficient (Wildman–Crippen LogP) is 2.06. The van der Waals surface area contributed by atoms with Crippen LogP contribution in [0.2, 0.25) is 0 Å². The first-order valence-electron chi connectivity index (χ1n) is 6.57. The Balaban J connectivity index is 1.86. The number of aliphatic hydroxyl groups is 1. The molecular formula is C14H19N3O3S. The van der Waals surface area contributed by atoms with Crippen molar-refractivity contribution in [1.82, 2.24) is 15.6 Å². The van der Waals surface area contributed by atoms with Gasteiger partial charge in [-0.1, -0.05) is 0 Å². The average molecular weight is 309 g/mol. The van der Waals surface area contributed by atoms with Crippen LogP contribution in [0.5, 0.6) is 0 Å². The van der Waals surface area contributed by atoms with Crippen molar-refractivity contribution in [2.75, 3.05) is 6.54 Å². The summed E-state index contributed by atoms with van der Waals surface area (Å²) in [6, 6.07) is 1.44. The maximum atomic E-state index is 11.7. The minimum atomic E-state index is -1.18. The van der Waals surface area contributed by atoms with Gasteiger partial charge in [-0.05, 0) is 26.8 Å². The molecule has 7 heteroatoms. The number of rotatable bonds is 5. The zero-order chi connectivity index (χ0) is 15.5. The largest absolute Gasteiger partial charge is 0.466 e. The lowest BCUT2D eigenvalue weighted by Gasteiger charge is -2.23. The third-order valence-electron chi connectivity index (χ3n) is 3.13. The van der Waals surface area contributed by atoms with Gasteiger partial charge in [-0.3, -0.25) is 0 Å². The van der Waals surface area contributed by atoms with E-state index in [0.717, 1.165) is 11.5 Å². The number of nitrogens with zero attached hydrogens (tertiary/aromatic N) is 1. The Morgan fingerprint density at radius 1 is 1.48 bits per heavy atom. The van der Waals surface area contributed by atoms with E-state index in [2.05, 4.69) is 15.6 Å². The molecule has 6 nitrogen and oxygen atoms in total. The molecule has 0 spiro atoms. The molecule has 0 fully saturated rings. The minimum Gasteiger partial charge on any atom is -0.466 e. The number of carbonyl (C=O) groups excluding carboxylic acids is 1. The van der Waals surface area contributed by atoms with E-state index in [1.54, 1.807) is 25.4 Å². The smallest absolute Gasteiger partial charge is 0.315 e. The van der Waals surface area contributed by atoms with E-state index in [0.29, 0.717) is 17.9 Å². The van der Waals surface area contributed by atoms with Gasteiger partial charge in [-0.25, -0.2) is 9.78 Å². The van der Waals surface area contributed by atoms with Crippen molar-refractivity contribution in [3.63, 3.8) is 0 Å². The van der Waals surface area contributed by atoms with Gasteiger partial charge in [0.05, 0.1) is 24.3 Å². The SMILES string of the molecule is Cc1cc(C(C)(O)CNC(=O)NCc2cscn2)c(C)o1. The molecular weight excluding hydrogens is 290 g/mol. The van der Waals surface area contributed by atoms with Crippen LogP contribution in [0.15, 0.2) is 21.4 Å². The molecule has 2 aromatic heterocycles. The first-order valence-corrected chi connectivity index (χ1v) is 7.51. The first-order chi connectivity index (χ1) is 9.88. The quantitative estimate of drug-likeness (QED) is 0.789. The van der Waals surface area contributed by atoms with Crippen LogP contribution in [0.3, 0.4) is 0 Å². The molecule has 3 N–H and O–H groups in total. The van der Waals surface area contributed by atoms with Gasteiger partial charge in [-0.2, -0.15) is 0 Å². The van der Waals surface area contributed by atoms with Crippen LogP contribution in [-0.2, 0) is 12.1 Å². The van der Waals surface area contributed by atoms with Gasteiger partial charge in [0.25, 0.3) is 0 Å². The van der Waals surface area contributed by atoms with E-state index in [9.17, 15) is 9.90 Å². The van der Waals surface area contributed by atoms with E-state index in [4.69, 9.17) is 4.42 Å². The van der Waals surface area contributed by atoms with Crippen molar-refractivity contribution >= 4 is 17.4 Å². The van der Waals surface area contributed by atoms with Crippen LogP contribution in [0.25, 0.3) is 0 Å². The minimum absolute atomic E-state index is 0.0930. The molecule has 2 rings (SSSR count). The summed E-state index contributed by atoms with van der Waals surface area (Å²) in [6.07, 6.45) is 0. The average Bonchev–Trinajstić information content (AvgIpc) is 3.04. The molecule has 2 amide bonds. The van der Waals surface area contributed by atoms with Crippen LogP contribution < -0.4 is 10.6 Å². The molecule has 0 aliphatic carbocycles. The summed E-state index contributed by atoms with van der Waals surface area (Å²) in [4.78, 5) is 15.8. The summed E-state index contributed by atoms with van der Waals surface area (Å²) in [7, 11) is 0. The molecule has 0 bridgehead atoms. The number of nitrogens with one attached hydrogen (secondary N) is 2. The van der Waals surface area contributed by atoms with Gasteiger partial charge in [0.1, 0.15) is 17.1 Å². The van der Waals surface area contributed by atoms with E-state index in [1.165, 1.54) is 11.3 Å². The Morgan fingerprint density at radius 3 is 2.81 bits per heavy atom. The Bertz CT molecular complexity index is 605. The Hall–Kier alpha value is -1.86. The number of furan rings is 1. The normalized spacial score (nSPS) is 13.7. The third-order valence-corrected chi connectivity index (χ3v) is 3.76. The van der Waals surface area contributed by atoms with Crippen molar-refractivity contribution < 1.29 is 14.3 Å². The van der Waals surface area contributed by atoms with Crippen LogP contribution in [0.1, 0.15) is 29.7 Å². The van der Waals surface area contributed by atoms with Crippen LogP contribution in [0, 0.1) is 13.8 Å². The summed E-state index contributed by atoms with van der Waals surface area (Å²) in [5.74, 6) is 1.39. The number of carbonyl (C=O) groups is 1. The summed E-state index contributed by atoms with van der Waals surface area (Å²) in [5.41, 5.74) is 2.02. The summed E-state index contributed by atoms with van der Waals surface area (Å²) >= 11 is 1.48. The van der Waals surface area contributed by atoms with E-state index >= 15 is 0 Å². The van der Waals surface area contributed by atoms with Crippen LogP contribution in [-0.4, -0.2) is 22.7 Å². The third kappa shape index (κ3) is 4.05. The zero-order valence-electron chi connectivity index (χ0n) is 12.3. The first kappa shape index (κ1) is 15.5. The predicted molar refractivity (Wildman–Crippen MR) is 80.1 cm³/mol. The fourth-order valence-electron chi connectivity index (χ4n) is 2.07. The molecule has 0 saturated heterocycles. The molecule has 0 aliphatic heterocycles. The molecule has 0 saturated carbocycles. The fourth-order valence-corrected chi connectivity index (χ4v) is 2.63. The number of aryl methyl sites for hydroxylation is 2. The Labute approximate surface area is 127 Å². The molecule has 1 atom stereocenters. The van der Waals surface area contributed by atoms with Crippen LogP contribution >= 0.6 is 11.3 Å². The Kier molecular flexibility index (Phi) is 4.64. The van der Waals surface area contributed by atoms with Crippen molar-refractivity contribution in [2.45, 2.75) is 32.9 Å². The summed E-state index contributed by atoms with van der Waals surface area (Å²) in [5, 5.41) is 17.7. The van der Waals surface area contributed by atoms with E-state index < -0.39 is 5.60 Å². The molecule has 2 heterocycles. The number of amides is 2. The van der Waals surface area contributed by atoms with Gasteiger partial charge in [0, 0.05) is 10.9 Å².